The SMILES string of the molecule is COC(CC(=O)O)Cn1nnnc1C1CCC1. The Morgan fingerprint density at radius 1 is 1.65 bits per heavy atom. The van der Waals surface area contributed by atoms with Crippen LogP contribution < -0.4 is 0 Å². The van der Waals surface area contributed by atoms with Gasteiger partial charge in [-0.1, -0.05) is 6.42 Å². The van der Waals surface area contributed by atoms with E-state index < -0.39 is 12.1 Å². The van der Waals surface area contributed by atoms with Gasteiger partial charge in [0.2, 0.25) is 0 Å². The van der Waals surface area contributed by atoms with E-state index in [4.69, 9.17) is 9.84 Å². The Bertz CT molecular complexity index is 389. The summed E-state index contributed by atoms with van der Waals surface area (Å²) in [4.78, 5) is 10.6. The van der Waals surface area contributed by atoms with Crippen molar-refractivity contribution in [1.29, 1.82) is 0 Å². The van der Waals surface area contributed by atoms with Crippen molar-refractivity contribution in [2.75, 3.05) is 7.11 Å². The van der Waals surface area contributed by atoms with Crippen molar-refractivity contribution in [3.8, 4) is 0 Å². The van der Waals surface area contributed by atoms with Gasteiger partial charge in [-0.15, -0.1) is 5.10 Å². The number of hydrogen-bond acceptors (Lipinski definition) is 5. The van der Waals surface area contributed by atoms with Crippen molar-refractivity contribution >= 4 is 5.97 Å². The number of rotatable bonds is 6. The van der Waals surface area contributed by atoms with Gasteiger partial charge in [0.25, 0.3) is 0 Å². The summed E-state index contributed by atoms with van der Waals surface area (Å²) in [5, 5.41) is 20.3. The van der Waals surface area contributed by atoms with E-state index in [1.807, 2.05) is 0 Å². The number of carboxylic acids is 1. The second-order valence-electron chi connectivity index (χ2n) is 4.30. The largest absolute Gasteiger partial charge is 0.481 e. The second-order valence-corrected chi connectivity index (χ2v) is 4.30. The number of ether oxygens (including phenoxy) is 1. The summed E-state index contributed by atoms with van der Waals surface area (Å²) in [6.07, 6.45) is 2.99. The van der Waals surface area contributed by atoms with Gasteiger partial charge in [-0.3, -0.25) is 4.79 Å². The number of aliphatic carboxylic acids is 1. The monoisotopic (exact) mass is 240 g/mol. The molecule has 0 aliphatic heterocycles. The fourth-order valence-electron chi connectivity index (χ4n) is 1.91. The lowest BCUT2D eigenvalue weighted by Crippen LogP contribution is -2.26. The lowest BCUT2D eigenvalue weighted by atomic mass is 9.85. The Balaban J connectivity index is 2.01. The predicted octanol–water partition coefficient (Wildman–Crippen LogP) is 0.430. The topological polar surface area (TPSA) is 90.1 Å². The van der Waals surface area contributed by atoms with Crippen LogP contribution in [-0.4, -0.2) is 44.5 Å². The Kier molecular flexibility index (Phi) is 3.68. The molecule has 1 aromatic heterocycles. The Morgan fingerprint density at radius 3 is 2.94 bits per heavy atom. The number of carbonyl (C=O) groups is 1. The van der Waals surface area contributed by atoms with Crippen LogP contribution in [0, 0.1) is 0 Å². The van der Waals surface area contributed by atoms with Gasteiger partial charge < -0.3 is 9.84 Å². The molecule has 0 bridgehead atoms. The standard InChI is InChI=1S/C10H16N4O3/c1-17-8(5-9(15)16)6-14-10(11-12-13-14)7-3-2-4-7/h7-8H,2-6H2,1H3,(H,15,16). The van der Waals surface area contributed by atoms with Crippen LogP contribution in [0.15, 0.2) is 0 Å². The van der Waals surface area contributed by atoms with Crippen LogP contribution in [-0.2, 0) is 16.1 Å². The molecule has 1 unspecified atom stereocenters. The highest BCUT2D eigenvalue weighted by Crippen LogP contribution is 2.34. The normalized spacial score (nSPS) is 17.7. The molecular weight excluding hydrogens is 224 g/mol. The molecule has 1 aliphatic carbocycles. The maximum Gasteiger partial charge on any atom is 0.306 e. The van der Waals surface area contributed by atoms with E-state index in [-0.39, 0.29) is 6.42 Å². The molecule has 1 N–H and O–H groups in total. The molecule has 2 rings (SSSR count). The number of tetrazole rings is 1. The summed E-state index contributed by atoms with van der Waals surface area (Å²) < 4.78 is 6.79. The third kappa shape index (κ3) is 2.79. The van der Waals surface area contributed by atoms with Gasteiger partial charge in [0.1, 0.15) is 0 Å². The highest BCUT2D eigenvalue weighted by molar-refractivity contribution is 5.67. The van der Waals surface area contributed by atoms with Crippen molar-refractivity contribution in [2.24, 2.45) is 0 Å². The lowest BCUT2D eigenvalue weighted by molar-refractivity contribution is -0.140. The van der Waals surface area contributed by atoms with Gasteiger partial charge in [-0.25, -0.2) is 4.68 Å². The van der Waals surface area contributed by atoms with Crippen molar-refractivity contribution in [3.63, 3.8) is 0 Å². The van der Waals surface area contributed by atoms with Crippen molar-refractivity contribution < 1.29 is 14.6 Å². The average Bonchev–Trinajstić information content (AvgIpc) is 2.62. The van der Waals surface area contributed by atoms with Crippen LogP contribution in [0.25, 0.3) is 0 Å². The first-order valence-corrected chi connectivity index (χ1v) is 5.71. The first kappa shape index (κ1) is 12.0. The van der Waals surface area contributed by atoms with Crippen LogP contribution in [0.4, 0.5) is 0 Å². The molecule has 0 aromatic carbocycles. The van der Waals surface area contributed by atoms with E-state index in [2.05, 4.69) is 15.5 Å². The maximum absolute atomic E-state index is 10.6. The molecule has 1 heterocycles. The smallest absolute Gasteiger partial charge is 0.306 e. The first-order chi connectivity index (χ1) is 8.20. The second kappa shape index (κ2) is 5.22. The predicted molar refractivity (Wildman–Crippen MR) is 57.5 cm³/mol. The summed E-state index contributed by atoms with van der Waals surface area (Å²) in [5.74, 6) is 0.395. The molecule has 1 fully saturated rings. The summed E-state index contributed by atoms with van der Waals surface area (Å²) >= 11 is 0. The third-order valence-electron chi connectivity index (χ3n) is 3.14. The van der Waals surface area contributed by atoms with Gasteiger partial charge in [-0.2, -0.15) is 0 Å². The highest BCUT2D eigenvalue weighted by atomic mass is 16.5. The molecule has 1 aromatic rings. The van der Waals surface area contributed by atoms with Gasteiger partial charge in [0, 0.05) is 13.0 Å². The zero-order valence-electron chi connectivity index (χ0n) is 9.74. The van der Waals surface area contributed by atoms with Crippen molar-refractivity contribution in [3.05, 3.63) is 5.82 Å². The zero-order chi connectivity index (χ0) is 12.3. The zero-order valence-corrected chi connectivity index (χ0v) is 9.74. The molecule has 0 amide bonds. The van der Waals surface area contributed by atoms with Crippen molar-refractivity contribution in [1.82, 2.24) is 20.2 Å². The summed E-state index contributed by atoms with van der Waals surface area (Å²) in [6.45, 7) is 0.391. The minimum absolute atomic E-state index is 0.0412. The van der Waals surface area contributed by atoms with Gasteiger partial charge in [0.05, 0.1) is 19.1 Å². The van der Waals surface area contributed by atoms with E-state index in [1.54, 1.807) is 4.68 Å². The molecule has 0 spiro atoms. The average molecular weight is 240 g/mol. The molecular formula is C10H16N4O3. The number of carboxylic acid groups (broad SMARTS) is 1. The Hall–Kier alpha value is -1.50. The summed E-state index contributed by atoms with van der Waals surface area (Å²) in [6, 6.07) is 0. The molecule has 0 radical (unpaired) electrons. The maximum atomic E-state index is 10.6. The first-order valence-electron chi connectivity index (χ1n) is 5.71. The number of hydrogen-bond donors (Lipinski definition) is 1. The molecule has 7 nitrogen and oxygen atoms in total. The minimum atomic E-state index is -0.880. The number of methoxy groups -OCH3 is 1. The van der Waals surface area contributed by atoms with E-state index in [1.165, 1.54) is 13.5 Å². The van der Waals surface area contributed by atoms with Crippen LogP contribution in [0.5, 0.6) is 0 Å². The minimum Gasteiger partial charge on any atom is -0.481 e. The lowest BCUT2D eigenvalue weighted by Gasteiger charge is -2.24. The molecule has 1 atom stereocenters. The van der Waals surface area contributed by atoms with Crippen LogP contribution >= 0.6 is 0 Å². The molecule has 17 heavy (non-hydrogen) atoms. The molecule has 94 valence electrons. The van der Waals surface area contributed by atoms with Crippen LogP contribution in [0.3, 0.4) is 0 Å². The fraction of sp³-hybridized carbons (Fsp3) is 0.800. The highest BCUT2D eigenvalue weighted by Gasteiger charge is 2.26. The fourth-order valence-corrected chi connectivity index (χ4v) is 1.91. The van der Waals surface area contributed by atoms with E-state index in [0.717, 1.165) is 18.7 Å². The number of aromatic nitrogens is 4. The van der Waals surface area contributed by atoms with Crippen LogP contribution in [0.2, 0.25) is 0 Å². The van der Waals surface area contributed by atoms with E-state index in [9.17, 15) is 4.79 Å². The number of nitrogens with zero attached hydrogens (tertiary/aromatic N) is 4. The molecule has 7 heteroatoms. The molecule has 1 saturated carbocycles. The quantitative estimate of drug-likeness (QED) is 0.775. The third-order valence-corrected chi connectivity index (χ3v) is 3.14. The van der Waals surface area contributed by atoms with Gasteiger partial charge in [-0.05, 0) is 23.3 Å². The van der Waals surface area contributed by atoms with Gasteiger partial charge >= 0.3 is 5.97 Å². The van der Waals surface area contributed by atoms with Gasteiger partial charge in [0.15, 0.2) is 5.82 Å². The summed E-state index contributed by atoms with van der Waals surface area (Å²) in [5.41, 5.74) is 0. The Morgan fingerprint density at radius 2 is 2.41 bits per heavy atom. The molecule has 1 aliphatic rings. The van der Waals surface area contributed by atoms with E-state index in [0.29, 0.717) is 12.5 Å². The van der Waals surface area contributed by atoms with Crippen LogP contribution in [0.1, 0.15) is 37.4 Å². The summed E-state index contributed by atoms with van der Waals surface area (Å²) in [7, 11) is 1.50. The molecule has 0 saturated heterocycles. The van der Waals surface area contributed by atoms with E-state index >= 15 is 0 Å². The Labute approximate surface area is 98.8 Å². The van der Waals surface area contributed by atoms with Crippen molar-refractivity contribution in [2.45, 2.75) is 44.2 Å².